The predicted molar refractivity (Wildman–Crippen MR) is 96.0 cm³/mol. The standard InChI is InChI=1S/C18H21N3OS/c1-3-14-10-15-17(19-11-20-18(15)23-14)21-12(2)16(22)9-13-7-5-4-6-8-13/h4-8,10-12,16,22H,3,9H2,1-2H3,(H,19,20,21). The van der Waals surface area contributed by atoms with E-state index in [1.54, 1.807) is 17.7 Å². The van der Waals surface area contributed by atoms with E-state index in [9.17, 15) is 5.11 Å². The number of rotatable bonds is 6. The van der Waals surface area contributed by atoms with Gasteiger partial charge in [-0.1, -0.05) is 37.3 Å². The van der Waals surface area contributed by atoms with Crippen LogP contribution in [0.15, 0.2) is 42.7 Å². The Morgan fingerprint density at radius 2 is 2.00 bits per heavy atom. The van der Waals surface area contributed by atoms with Crippen molar-refractivity contribution in [2.45, 2.75) is 38.8 Å². The number of thiophene rings is 1. The number of aliphatic hydroxyl groups is 1. The van der Waals surface area contributed by atoms with Gasteiger partial charge in [0.05, 0.1) is 17.5 Å². The molecule has 2 N–H and O–H groups in total. The Labute approximate surface area is 140 Å². The van der Waals surface area contributed by atoms with Crippen molar-refractivity contribution in [2.75, 3.05) is 5.32 Å². The largest absolute Gasteiger partial charge is 0.391 e. The molecule has 0 aliphatic rings. The van der Waals surface area contributed by atoms with E-state index in [4.69, 9.17) is 0 Å². The minimum absolute atomic E-state index is 0.0988. The minimum atomic E-state index is -0.480. The molecule has 3 aromatic rings. The number of benzene rings is 1. The quantitative estimate of drug-likeness (QED) is 0.725. The Hall–Kier alpha value is -1.98. The average Bonchev–Trinajstić information content (AvgIpc) is 3.00. The molecule has 120 valence electrons. The monoisotopic (exact) mass is 327 g/mol. The average molecular weight is 327 g/mol. The summed E-state index contributed by atoms with van der Waals surface area (Å²) in [5.74, 6) is 0.797. The molecule has 0 aliphatic heterocycles. The number of nitrogens with zero attached hydrogens (tertiary/aromatic N) is 2. The van der Waals surface area contributed by atoms with Crippen molar-refractivity contribution < 1.29 is 5.11 Å². The third-order valence-electron chi connectivity index (χ3n) is 3.96. The first kappa shape index (κ1) is 15.9. The molecule has 2 aromatic heterocycles. The van der Waals surface area contributed by atoms with Crippen molar-refractivity contribution in [3.05, 3.63) is 53.2 Å². The number of aliphatic hydroxyl groups excluding tert-OH is 1. The van der Waals surface area contributed by atoms with Crippen LogP contribution in [0.1, 0.15) is 24.3 Å². The molecule has 0 saturated heterocycles. The van der Waals surface area contributed by atoms with Crippen molar-refractivity contribution in [3.8, 4) is 0 Å². The van der Waals surface area contributed by atoms with Crippen molar-refractivity contribution in [1.82, 2.24) is 9.97 Å². The second-order valence-electron chi connectivity index (χ2n) is 5.70. The van der Waals surface area contributed by atoms with Crippen LogP contribution in [0.2, 0.25) is 0 Å². The van der Waals surface area contributed by atoms with Crippen LogP contribution in [-0.2, 0) is 12.8 Å². The van der Waals surface area contributed by atoms with Crippen LogP contribution < -0.4 is 5.32 Å². The molecular formula is C18H21N3OS. The maximum absolute atomic E-state index is 10.5. The van der Waals surface area contributed by atoms with Crippen molar-refractivity contribution in [2.24, 2.45) is 0 Å². The lowest BCUT2D eigenvalue weighted by Gasteiger charge is -2.21. The Morgan fingerprint density at radius 1 is 1.22 bits per heavy atom. The van der Waals surface area contributed by atoms with Crippen LogP contribution >= 0.6 is 11.3 Å². The predicted octanol–water partition coefficient (Wildman–Crippen LogP) is 3.66. The summed E-state index contributed by atoms with van der Waals surface area (Å²) in [7, 11) is 0. The second kappa shape index (κ2) is 7.06. The lowest BCUT2D eigenvalue weighted by Crippen LogP contribution is -2.32. The first-order valence-corrected chi connectivity index (χ1v) is 8.71. The summed E-state index contributed by atoms with van der Waals surface area (Å²) in [6.45, 7) is 4.12. The summed E-state index contributed by atoms with van der Waals surface area (Å²) in [5, 5.41) is 14.8. The van der Waals surface area contributed by atoms with Gasteiger partial charge in [0.2, 0.25) is 0 Å². The van der Waals surface area contributed by atoms with Crippen LogP contribution in [-0.4, -0.2) is 27.2 Å². The number of nitrogens with one attached hydrogen (secondary N) is 1. The number of anilines is 1. The van der Waals surface area contributed by atoms with Gasteiger partial charge in [0.25, 0.3) is 0 Å². The molecule has 0 amide bonds. The number of aromatic nitrogens is 2. The molecule has 2 unspecified atom stereocenters. The Balaban J connectivity index is 1.74. The minimum Gasteiger partial charge on any atom is -0.391 e. The zero-order chi connectivity index (χ0) is 16.2. The van der Waals surface area contributed by atoms with Gasteiger partial charge in [-0.2, -0.15) is 0 Å². The highest BCUT2D eigenvalue weighted by molar-refractivity contribution is 7.18. The summed E-state index contributed by atoms with van der Waals surface area (Å²) >= 11 is 1.70. The third kappa shape index (κ3) is 3.68. The fourth-order valence-electron chi connectivity index (χ4n) is 2.54. The molecule has 1 aromatic carbocycles. The maximum atomic E-state index is 10.5. The van der Waals surface area contributed by atoms with Crippen LogP contribution in [0.25, 0.3) is 10.2 Å². The Kier molecular flexibility index (Phi) is 4.88. The van der Waals surface area contributed by atoms with Crippen LogP contribution in [0.3, 0.4) is 0 Å². The van der Waals surface area contributed by atoms with E-state index in [-0.39, 0.29) is 6.04 Å². The molecule has 0 aliphatic carbocycles. The molecular weight excluding hydrogens is 306 g/mol. The van der Waals surface area contributed by atoms with Gasteiger partial charge in [-0.3, -0.25) is 0 Å². The van der Waals surface area contributed by atoms with E-state index in [0.29, 0.717) is 6.42 Å². The van der Waals surface area contributed by atoms with Crippen molar-refractivity contribution in [3.63, 3.8) is 0 Å². The van der Waals surface area contributed by atoms with Gasteiger partial charge in [-0.15, -0.1) is 11.3 Å². The van der Waals surface area contributed by atoms with E-state index < -0.39 is 6.10 Å². The summed E-state index contributed by atoms with van der Waals surface area (Å²) in [5.41, 5.74) is 1.13. The normalized spacial score (nSPS) is 13.9. The topological polar surface area (TPSA) is 58.0 Å². The van der Waals surface area contributed by atoms with Gasteiger partial charge < -0.3 is 10.4 Å². The van der Waals surface area contributed by atoms with Crippen LogP contribution in [0, 0.1) is 0 Å². The summed E-state index contributed by atoms with van der Waals surface area (Å²) in [6, 6.07) is 12.1. The first-order chi connectivity index (χ1) is 11.2. The second-order valence-corrected chi connectivity index (χ2v) is 6.81. The molecule has 2 atom stereocenters. The lowest BCUT2D eigenvalue weighted by molar-refractivity contribution is 0.158. The van der Waals surface area contributed by atoms with Gasteiger partial charge in [0, 0.05) is 11.3 Å². The highest BCUT2D eigenvalue weighted by Crippen LogP contribution is 2.29. The highest BCUT2D eigenvalue weighted by atomic mass is 32.1. The van der Waals surface area contributed by atoms with Gasteiger partial charge >= 0.3 is 0 Å². The molecule has 3 rings (SSSR count). The summed E-state index contributed by atoms with van der Waals surface area (Å²) in [6.07, 6.45) is 2.71. The number of hydrogen-bond donors (Lipinski definition) is 2. The van der Waals surface area contributed by atoms with Crippen LogP contribution in [0.5, 0.6) is 0 Å². The Bertz CT molecular complexity index is 772. The number of fused-ring (bicyclic) bond motifs is 1. The zero-order valence-electron chi connectivity index (χ0n) is 13.4. The molecule has 5 heteroatoms. The highest BCUT2D eigenvalue weighted by Gasteiger charge is 2.17. The smallest absolute Gasteiger partial charge is 0.138 e. The fraction of sp³-hybridized carbons (Fsp3) is 0.333. The molecule has 23 heavy (non-hydrogen) atoms. The van der Waals surface area contributed by atoms with E-state index in [0.717, 1.165) is 28.0 Å². The molecule has 4 nitrogen and oxygen atoms in total. The zero-order valence-corrected chi connectivity index (χ0v) is 14.2. The third-order valence-corrected chi connectivity index (χ3v) is 5.15. The van der Waals surface area contributed by atoms with Gasteiger partial charge in [0.15, 0.2) is 0 Å². The Morgan fingerprint density at radius 3 is 2.74 bits per heavy atom. The van der Waals surface area contributed by atoms with E-state index in [1.165, 1.54) is 4.88 Å². The van der Waals surface area contributed by atoms with Gasteiger partial charge in [-0.05, 0) is 25.0 Å². The lowest BCUT2D eigenvalue weighted by atomic mass is 10.0. The molecule has 0 bridgehead atoms. The SMILES string of the molecule is CCc1cc2c(NC(C)C(O)Cc3ccccc3)ncnc2s1. The first-order valence-electron chi connectivity index (χ1n) is 7.89. The van der Waals surface area contributed by atoms with Crippen molar-refractivity contribution >= 4 is 27.4 Å². The van der Waals surface area contributed by atoms with E-state index in [1.807, 2.05) is 37.3 Å². The summed E-state index contributed by atoms with van der Waals surface area (Å²) in [4.78, 5) is 11.0. The molecule has 0 spiro atoms. The van der Waals surface area contributed by atoms with Gasteiger partial charge in [0.1, 0.15) is 17.0 Å². The number of hydrogen-bond acceptors (Lipinski definition) is 5. The molecule has 0 radical (unpaired) electrons. The van der Waals surface area contributed by atoms with Crippen molar-refractivity contribution in [1.29, 1.82) is 0 Å². The van der Waals surface area contributed by atoms with Crippen LogP contribution in [0.4, 0.5) is 5.82 Å². The fourth-order valence-corrected chi connectivity index (χ4v) is 3.47. The van der Waals surface area contributed by atoms with E-state index >= 15 is 0 Å². The molecule has 0 fully saturated rings. The molecule has 0 saturated carbocycles. The summed E-state index contributed by atoms with van der Waals surface area (Å²) < 4.78 is 0. The molecule has 2 heterocycles. The number of aryl methyl sites for hydroxylation is 1. The maximum Gasteiger partial charge on any atom is 0.138 e. The van der Waals surface area contributed by atoms with E-state index in [2.05, 4.69) is 28.3 Å². The van der Waals surface area contributed by atoms with Gasteiger partial charge in [-0.25, -0.2) is 9.97 Å².